The Kier molecular flexibility index (Phi) is 10.0. The number of aliphatic hydroxyl groups is 1. The van der Waals surface area contributed by atoms with Gasteiger partial charge in [0.25, 0.3) is 0 Å². The van der Waals surface area contributed by atoms with Crippen molar-refractivity contribution in [1.29, 1.82) is 0 Å². The second-order valence-corrected chi connectivity index (χ2v) is 1.10. The van der Waals surface area contributed by atoms with Crippen molar-refractivity contribution >= 4 is 0 Å². The van der Waals surface area contributed by atoms with Gasteiger partial charge in [-0.3, -0.25) is 0 Å². The Balaban J connectivity index is 0. The molecule has 7 heavy (non-hydrogen) atoms. The maximum atomic E-state index is 8.44. The van der Waals surface area contributed by atoms with Gasteiger partial charge < -0.3 is 9.84 Å². The van der Waals surface area contributed by atoms with E-state index < -0.39 is 6.29 Å². The van der Waals surface area contributed by atoms with Gasteiger partial charge in [0.1, 0.15) is 0 Å². The van der Waals surface area contributed by atoms with Crippen LogP contribution in [-0.2, 0) is 26.5 Å². The van der Waals surface area contributed by atoms with Gasteiger partial charge in [0.15, 0.2) is 6.29 Å². The molecule has 0 radical (unpaired) electrons. The standard InChI is InChI=1S/C4H10O2.Ti/c1-3-4(5)6-2;/h4-5H,3H2,1-2H3;. The number of rotatable bonds is 2. The van der Waals surface area contributed by atoms with Gasteiger partial charge in [0.2, 0.25) is 0 Å². The average Bonchev–Trinajstić information content (AvgIpc) is 1.65. The molecule has 42 valence electrons. The summed E-state index contributed by atoms with van der Waals surface area (Å²) < 4.78 is 4.45. The minimum absolute atomic E-state index is 0. The fourth-order valence-corrected chi connectivity index (χ4v) is 0.167. The van der Waals surface area contributed by atoms with E-state index in [1.165, 1.54) is 7.11 Å². The third-order valence-electron chi connectivity index (χ3n) is 0.621. The van der Waals surface area contributed by atoms with Gasteiger partial charge in [-0.15, -0.1) is 0 Å². The van der Waals surface area contributed by atoms with Crippen LogP contribution >= 0.6 is 0 Å². The summed E-state index contributed by atoms with van der Waals surface area (Å²) in [4.78, 5) is 0. The van der Waals surface area contributed by atoms with E-state index in [9.17, 15) is 0 Å². The first-order valence-electron chi connectivity index (χ1n) is 2.02. The van der Waals surface area contributed by atoms with E-state index >= 15 is 0 Å². The zero-order valence-electron chi connectivity index (χ0n) is 4.64. The molecule has 1 N–H and O–H groups in total. The molecule has 0 heterocycles. The molecule has 0 aliphatic rings. The fraction of sp³-hybridized carbons (Fsp3) is 1.00. The Hall–Kier alpha value is 0.634. The maximum absolute atomic E-state index is 8.44. The predicted molar refractivity (Wildman–Crippen MR) is 23.3 cm³/mol. The third-order valence-corrected chi connectivity index (χ3v) is 0.621. The van der Waals surface area contributed by atoms with Crippen molar-refractivity contribution in [1.82, 2.24) is 0 Å². The van der Waals surface area contributed by atoms with Gasteiger partial charge >= 0.3 is 0 Å². The van der Waals surface area contributed by atoms with Gasteiger partial charge in [0, 0.05) is 28.8 Å². The number of methoxy groups -OCH3 is 1. The summed E-state index contributed by atoms with van der Waals surface area (Å²) in [6.45, 7) is 1.86. The molecular formula is C4H10O2Ti. The van der Waals surface area contributed by atoms with Crippen LogP contribution < -0.4 is 0 Å². The van der Waals surface area contributed by atoms with Gasteiger partial charge in [-0.25, -0.2) is 0 Å². The molecule has 3 heteroatoms. The van der Waals surface area contributed by atoms with Crippen LogP contribution in [0.25, 0.3) is 0 Å². The number of hydrogen-bond acceptors (Lipinski definition) is 2. The van der Waals surface area contributed by atoms with E-state index in [1.807, 2.05) is 6.92 Å². The first kappa shape index (κ1) is 10.6. The van der Waals surface area contributed by atoms with Crippen LogP contribution in [0.5, 0.6) is 0 Å². The van der Waals surface area contributed by atoms with Crippen molar-refractivity contribution in [3.05, 3.63) is 0 Å². The minimum atomic E-state index is -0.565. The normalized spacial score (nSPS) is 12.4. The molecule has 0 saturated carbocycles. The zero-order chi connectivity index (χ0) is 4.99. The topological polar surface area (TPSA) is 29.5 Å². The fourth-order valence-electron chi connectivity index (χ4n) is 0.167. The molecule has 1 unspecified atom stereocenters. The second-order valence-electron chi connectivity index (χ2n) is 1.10. The van der Waals surface area contributed by atoms with Gasteiger partial charge in [-0.2, -0.15) is 0 Å². The Morgan fingerprint density at radius 1 is 1.71 bits per heavy atom. The Labute approximate surface area is 58.7 Å². The molecular weight excluding hydrogens is 128 g/mol. The summed E-state index contributed by atoms with van der Waals surface area (Å²) in [7, 11) is 1.48. The van der Waals surface area contributed by atoms with E-state index in [1.54, 1.807) is 0 Å². The summed E-state index contributed by atoms with van der Waals surface area (Å²) in [5.41, 5.74) is 0. The molecule has 0 fully saturated rings. The molecule has 0 bridgehead atoms. The predicted octanol–water partition coefficient (Wildman–Crippen LogP) is 0.359. The largest absolute Gasteiger partial charge is 0.368 e. The van der Waals surface area contributed by atoms with Crippen LogP contribution in [0.2, 0.25) is 0 Å². The summed E-state index contributed by atoms with van der Waals surface area (Å²) in [6.07, 6.45) is 0.0984. The average molecular weight is 138 g/mol. The minimum Gasteiger partial charge on any atom is -0.368 e. The van der Waals surface area contributed by atoms with Crippen LogP contribution in [-0.4, -0.2) is 18.5 Å². The van der Waals surface area contributed by atoms with E-state index in [4.69, 9.17) is 5.11 Å². The Bertz CT molecular complexity index is 28.9. The summed E-state index contributed by atoms with van der Waals surface area (Å²) in [5.74, 6) is 0. The van der Waals surface area contributed by atoms with Gasteiger partial charge in [0.05, 0.1) is 0 Å². The number of hydrogen-bond donors (Lipinski definition) is 1. The summed E-state index contributed by atoms with van der Waals surface area (Å²) in [6, 6.07) is 0. The molecule has 0 aromatic rings. The van der Waals surface area contributed by atoms with Crippen LogP contribution in [0.15, 0.2) is 0 Å². The molecule has 0 aromatic carbocycles. The second kappa shape index (κ2) is 6.63. The monoisotopic (exact) mass is 138 g/mol. The Morgan fingerprint density at radius 2 is 2.14 bits per heavy atom. The van der Waals surface area contributed by atoms with Crippen molar-refractivity contribution in [2.75, 3.05) is 7.11 Å². The first-order chi connectivity index (χ1) is 2.81. The quantitative estimate of drug-likeness (QED) is 0.440. The van der Waals surface area contributed by atoms with Crippen LogP contribution in [0.3, 0.4) is 0 Å². The summed E-state index contributed by atoms with van der Waals surface area (Å²) >= 11 is 0. The van der Waals surface area contributed by atoms with Crippen LogP contribution in [0.1, 0.15) is 13.3 Å². The van der Waals surface area contributed by atoms with Crippen LogP contribution in [0, 0.1) is 0 Å². The molecule has 2 nitrogen and oxygen atoms in total. The van der Waals surface area contributed by atoms with Crippen molar-refractivity contribution < 1.29 is 31.6 Å². The van der Waals surface area contributed by atoms with Crippen LogP contribution in [0.4, 0.5) is 0 Å². The number of ether oxygens (including phenoxy) is 1. The Morgan fingerprint density at radius 3 is 2.14 bits per heavy atom. The molecule has 1 atom stereocenters. The molecule has 0 saturated heterocycles. The molecule has 0 aliphatic heterocycles. The van der Waals surface area contributed by atoms with E-state index in [0.717, 1.165) is 0 Å². The number of aliphatic hydroxyl groups excluding tert-OH is 1. The molecule has 0 aromatic heterocycles. The smallest absolute Gasteiger partial charge is 0.153 e. The van der Waals surface area contributed by atoms with Crippen molar-refractivity contribution in [3.8, 4) is 0 Å². The van der Waals surface area contributed by atoms with Gasteiger partial charge in [-0.1, -0.05) is 6.92 Å². The van der Waals surface area contributed by atoms with Crippen molar-refractivity contribution in [2.24, 2.45) is 0 Å². The summed E-state index contributed by atoms with van der Waals surface area (Å²) in [5, 5.41) is 8.44. The van der Waals surface area contributed by atoms with Gasteiger partial charge in [-0.05, 0) is 6.42 Å². The maximum Gasteiger partial charge on any atom is 0.153 e. The van der Waals surface area contributed by atoms with E-state index in [2.05, 4.69) is 4.74 Å². The molecule has 0 aliphatic carbocycles. The first-order valence-corrected chi connectivity index (χ1v) is 2.02. The zero-order valence-corrected chi connectivity index (χ0v) is 6.20. The molecule has 0 spiro atoms. The third kappa shape index (κ3) is 6.63. The van der Waals surface area contributed by atoms with Crippen molar-refractivity contribution in [2.45, 2.75) is 19.6 Å². The van der Waals surface area contributed by atoms with Crippen molar-refractivity contribution in [3.63, 3.8) is 0 Å². The van der Waals surface area contributed by atoms with E-state index in [-0.39, 0.29) is 21.7 Å². The van der Waals surface area contributed by atoms with E-state index in [0.29, 0.717) is 6.42 Å². The SMILES string of the molecule is CCC(O)OC.[Ti]. The molecule has 0 amide bonds. The molecule has 0 rings (SSSR count).